The molecule has 0 saturated heterocycles. The van der Waals surface area contributed by atoms with E-state index >= 15 is 0 Å². The Morgan fingerprint density at radius 3 is 2.77 bits per heavy atom. The molecule has 0 radical (unpaired) electrons. The maximum absolute atomic E-state index is 13.9. The van der Waals surface area contributed by atoms with Crippen LogP contribution >= 0.6 is 11.6 Å². The highest BCUT2D eigenvalue weighted by atomic mass is 35.5. The van der Waals surface area contributed by atoms with Crippen LogP contribution in [0.2, 0.25) is 5.15 Å². The van der Waals surface area contributed by atoms with E-state index in [4.69, 9.17) is 16.3 Å². The summed E-state index contributed by atoms with van der Waals surface area (Å²) in [5.74, 6) is -0.0586. The number of rotatable bonds is 5. The van der Waals surface area contributed by atoms with Crippen LogP contribution in [0.1, 0.15) is 23.9 Å². The van der Waals surface area contributed by atoms with Crippen molar-refractivity contribution in [3.05, 3.63) is 58.5 Å². The fourth-order valence-corrected chi connectivity index (χ4v) is 3.22. The van der Waals surface area contributed by atoms with Gasteiger partial charge in [-0.25, -0.2) is 14.4 Å². The molecule has 0 aliphatic heterocycles. The minimum absolute atomic E-state index is 0.184. The zero-order valence-electron chi connectivity index (χ0n) is 16.1. The van der Waals surface area contributed by atoms with Crippen LogP contribution in [0.25, 0.3) is 22.6 Å². The summed E-state index contributed by atoms with van der Waals surface area (Å²) in [4.78, 5) is 21.5. The monoisotopic (exact) mass is 423 g/mol. The van der Waals surface area contributed by atoms with Crippen molar-refractivity contribution in [1.82, 2.24) is 29.5 Å². The van der Waals surface area contributed by atoms with Crippen molar-refractivity contribution in [2.24, 2.45) is 0 Å². The second kappa shape index (κ2) is 8.00. The lowest BCUT2D eigenvalue weighted by Gasteiger charge is -2.11. The summed E-state index contributed by atoms with van der Waals surface area (Å²) in [6.45, 7) is 4.24. The minimum Gasteiger partial charge on any atom is -0.464 e. The predicted octanol–water partition coefficient (Wildman–Crippen LogP) is 3.70. The highest BCUT2D eigenvalue weighted by molar-refractivity contribution is 6.29. The molecular formula is C20H15ClFN7O. The summed E-state index contributed by atoms with van der Waals surface area (Å²) in [5, 5.41) is 9.68. The van der Waals surface area contributed by atoms with Gasteiger partial charge in [-0.15, -0.1) is 0 Å². The number of hydrogen-bond acceptors (Lipinski definition) is 7. The number of ether oxygens (including phenoxy) is 1. The molecule has 4 heterocycles. The Bertz CT molecular complexity index is 1300. The van der Waals surface area contributed by atoms with Crippen LogP contribution < -0.4 is 4.74 Å². The van der Waals surface area contributed by atoms with Crippen molar-refractivity contribution in [1.29, 1.82) is 5.26 Å². The van der Waals surface area contributed by atoms with Gasteiger partial charge >= 0.3 is 6.01 Å². The van der Waals surface area contributed by atoms with E-state index in [0.717, 1.165) is 6.20 Å². The number of nitriles is 1. The third-order valence-electron chi connectivity index (χ3n) is 4.36. The molecule has 0 unspecified atom stereocenters. The van der Waals surface area contributed by atoms with E-state index in [1.807, 2.05) is 13.0 Å². The average molecular weight is 424 g/mol. The number of aromatic nitrogens is 6. The number of nitrogens with zero attached hydrogens (tertiary/aromatic N) is 7. The van der Waals surface area contributed by atoms with Gasteiger partial charge < -0.3 is 9.30 Å². The highest BCUT2D eigenvalue weighted by Crippen LogP contribution is 2.28. The quantitative estimate of drug-likeness (QED) is 0.451. The van der Waals surface area contributed by atoms with Gasteiger partial charge in [0.2, 0.25) is 0 Å². The molecule has 0 aromatic carbocycles. The Morgan fingerprint density at radius 1 is 1.20 bits per heavy atom. The van der Waals surface area contributed by atoms with Crippen LogP contribution in [-0.4, -0.2) is 36.1 Å². The molecule has 4 rings (SSSR count). The van der Waals surface area contributed by atoms with E-state index in [1.54, 1.807) is 23.6 Å². The first-order valence-electron chi connectivity index (χ1n) is 9.04. The first kappa shape index (κ1) is 19.7. The smallest absolute Gasteiger partial charge is 0.318 e. The molecule has 4 aromatic heterocycles. The van der Waals surface area contributed by atoms with E-state index in [2.05, 4.69) is 24.9 Å². The van der Waals surface area contributed by atoms with E-state index < -0.39 is 5.82 Å². The van der Waals surface area contributed by atoms with Crippen LogP contribution in [0.5, 0.6) is 6.01 Å². The zero-order valence-corrected chi connectivity index (χ0v) is 16.9. The molecule has 30 heavy (non-hydrogen) atoms. The molecule has 0 amide bonds. The van der Waals surface area contributed by atoms with E-state index in [9.17, 15) is 9.65 Å². The maximum atomic E-state index is 13.9. The second-order valence-corrected chi connectivity index (χ2v) is 6.75. The summed E-state index contributed by atoms with van der Waals surface area (Å²) in [6.07, 6.45) is 2.63. The third-order valence-corrected chi connectivity index (χ3v) is 4.57. The molecule has 0 spiro atoms. The molecule has 0 bridgehead atoms. The summed E-state index contributed by atoms with van der Waals surface area (Å²) >= 11 is 5.92. The number of hydrogen-bond donors (Lipinski definition) is 0. The Kier molecular flexibility index (Phi) is 5.25. The fourth-order valence-electron chi connectivity index (χ4n) is 3.07. The van der Waals surface area contributed by atoms with Crippen molar-refractivity contribution >= 4 is 22.8 Å². The van der Waals surface area contributed by atoms with Crippen LogP contribution in [0.4, 0.5) is 4.39 Å². The van der Waals surface area contributed by atoms with Gasteiger partial charge in [0.15, 0.2) is 5.65 Å². The first-order chi connectivity index (χ1) is 14.5. The second-order valence-electron chi connectivity index (χ2n) is 6.36. The number of halogens is 2. The summed E-state index contributed by atoms with van der Waals surface area (Å²) in [6, 6.07) is 6.91. The molecule has 4 aromatic rings. The molecule has 10 heteroatoms. The summed E-state index contributed by atoms with van der Waals surface area (Å²) in [7, 11) is 0. The largest absolute Gasteiger partial charge is 0.464 e. The Morgan fingerprint density at radius 2 is 2.03 bits per heavy atom. The van der Waals surface area contributed by atoms with Crippen LogP contribution in [0.15, 0.2) is 30.6 Å². The van der Waals surface area contributed by atoms with Gasteiger partial charge in [0.25, 0.3) is 0 Å². The van der Waals surface area contributed by atoms with E-state index in [-0.39, 0.29) is 23.4 Å². The van der Waals surface area contributed by atoms with Gasteiger partial charge in [0.1, 0.15) is 34.1 Å². The number of pyridine rings is 2. The van der Waals surface area contributed by atoms with Gasteiger partial charge in [-0.2, -0.15) is 15.2 Å². The summed E-state index contributed by atoms with van der Waals surface area (Å²) < 4.78 is 21.1. The lowest BCUT2D eigenvalue weighted by Crippen LogP contribution is -2.07. The normalized spacial score (nSPS) is 10.9. The molecule has 0 saturated carbocycles. The standard InChI is InChI=1S/C20H15ClFN7O/c1-3-30-20-25-11(2)17-19(28-20)29(10-12-4-5-16(21)26-15(12)7-23)18(27-17)13-6-14(22)9-24-8-13/h4-6,8-9H,3,10H2,1-2H3. The van der Waals surface area contributed by atoms with E-state index in [1.165, 1.54) is 12.3 Å². The SMILES string of the molecule is CCOc1nc(C)c2nc(-c3cncc(F)c3)n(Cc3ccc(Cl)nc3C#N)c2n1. The molecule has 0 atom stereocenters. The van der Waals surface area contributed by atoms with Crippen LogP contribution in [0, 0.1) is 24.1 Å². The van der Waals surface area contributed by atoms with Crippen molar-refractivity contribution in [3.8, 4) is 23.5 Å². The van der Waals surface area contributed by atoms with Crippen molar-refractivity contribution in [2.45, 2.75) is 20.4 Å². The van der Waals surface area contributed by atoms with Gasteiger partial charge in [0.05, 0.1) is 25.0 Å². The highest BCUT2D eigenvalue weighted by Gasteiger charge is 2.20. The van der Waals surface area contributed by atoms with Gasteiger partial charge in [-0.3, -0.25) is 4.98 Å². The van der Waals surface area contributed by atoms with Crippen molar-refractivity contribution < 1.29 is 9.13 Å². The minimum atomic E-state index is -0.491. The summed E-state index contributed by atoms with van der Waals surface area (Å²) in [5.41, 5.74) is 2.90. The molecule has 150 valence electrons. The van der Waals surface area contributed by atoms with Crippen molar-refractivity contribution in [2.75, 3.05) is 6.61 Å². The van der Waals surface area contributed by atoms with Gasteiger partial charge in [-0.1, -0.05) is 17.7 Å². The molecule has 0 fully saturated rings. The number of fused-ring (bicyclic) bond motifs is 1. The van der Waals surface area contributed by atoms with E-state index in [0.29, 0.717) is 40.4 Å². The van der Waals surface area contributed by atoms with Gasteiger partial charge in [0, 0.05) is 17.3 Å². The Hall–Kier alpha value is -3.64. The molecular weight excluding hydrogens is 409 g/mol. The maximum Gasteiger partial charge on any atom is 0.318 e. The lowest BCUT2D eigenvalue weighted by molar-refractivity contribution is 0.313. The van der Waals surface area contributed by atoms with Crippen LogP contribution in [0.3, 0.4) is 0 Å². The molecule has 0 N–H and O–H groups in total. The zero-order chi connectivity index (χ0) is 21.3. The van der Waals surface area contributed by atoms with Crippen molar-refractivity contribution in [3.63, 3.8) is 0 Å². The molecule has 8 nitrogen and oxygen atoms in total. The number of aryl methyl sites for hydroxylation is 1. The lowest BCUT2D eigenvalue weighted by atomic mass is 10.2. The Balaban J connectivity index is 1.97. The number of imidazole rings is 1. The average Bonchev–Trinajstić information content (AvgIpc) is 3.08. The predicted molar refractivity (Wildman–Crippen MR) is 107 cm³/mol. The Labute approximate surface area is 176 Å². The molecule has 0 aliphatic rings. The topological polar surface area (TPSA) is 102 Å². The molecule has 0 aliphatic carbocycles. The fraction of sp³-hybridized carbons (Fsp3) is 0.200. The first-order valence-corrected chi connectivity index (χ1v) is 9.42. The van der Waals surface area contributed by atoms with Gasteiger partial charge in [-0.05, 0) is 26.0 Å². The third kappa shape index (κ3) is 3.65. The van der Waals surface area contributed by atoms with Crippen LogP contribution in [-0.2, 0) is 6.54 Å².